The first kappa shape index (κ1) is 22.0. The average molecular weight is 457 g/mol. The first-order valence-electron chi connectivity index (χ1n) is 10.7. The van der Waals surface area contributed by atoms with Gasteiger partial charge >= 0.3 is 0 Å². The van der Waals surface area contributed by atoms with Gasteiger partial charge in [0.25, 0.3) is 5.56 Å². The maximum atomic E-state index is 13.5. The molecule has 6 nitrogen and oxygen atoms in total. The fourth-order valence-electron chi connectivity index (χ4n) is 3.92. The van der Waals surface area contributed by atoms with Gasteiger partial charge in [0.15, 0.2) is 5.16 Å². The molecule has 1 aliphatic rings. The van der Waals surface area contributed by atoms with Crippen molar-refractivity contribution in [1.82, 2.24) is 14.5 Å². The molecule has 2 heterocycles. The number of nitrogens with one attached hydrogen (secondary N) is 1. The Labute approximate surface area is 190 Å². The summed E-state index contributed by atoms with van der Waals surface area (Å²) in [5.41, 5.74) is 2.03. The molecule has 0 unspecified atom stereocenters. The number of hydrogen-bond acceptors (Lipinski definition) is 6. The summed E-state index contributed by atoms with van der Waals surface area (Å²) >= 11 is 3.00. The number of hydrogen-bond donors (Lipinski definition) is 1. The minimum atomic E-state index is -0.101. The minimum Gasteiger partial charge on any atom is -0.325 e. The summed E-state index contributed by atoms with van der Waals surface area (Å²) in [6.45, 7) is 1.50. The highest BCUT2D eigenvalue weighted by Gasteiger charge is 2.22. The highest BCUT2D eigenvalue weighted by atomic mass is 32.2. The van der Waals surface area contributed by atoms with Crippen molar-refractivity contribution in [2.75, 3.05) is 31.7 Å². The van der Waals surface area contributed by atoms with Gasteiger partial charge in [-0.25, -0.2) is 4.98 Å². The van der Waals surface area contributed by atoms with Crippen molar-refractivity contribution in [1.29, 1.82) is 0 Å². The van der Waals surface area contributed by atoms with Crippen LogP contribution in [-0.4, -0.2) is 46.8 Å². The van der Waals surface area contributed by atoms with E-state index in [1.807, 2.05) is 44.4 Å². The second kappa shape index (κ2) is 9.97. The molecule has 0 atom stereocenters. The number of aryl methyl sites for hydroxylation is 2. The Morgan fingerprint density at radius 2 is 2.00 bits per heavy atom. The molecule has 0 fully saturated rings. The summed E-state index contributed by atoms with van der Waals surface area (Å²) in [5, 5.41) is 4.35. The zero-order chi connectivity index (χ0) is 21.8. The van der Waals surface area contributed by atoms with E-state index in [-0.39, 0.29) is 17.2 Å². The van der Waals surface area contributed by atoms with Crippen molar-refractivity contribution < 1.29 is 4.79 Å². The number of thiophene rings is 1. The first-order valence-corrected chi connectivity index (χ1v) is 12.5. The molecule has 1 aliphatic carbocycles. The van der Waals surface area contributed by atoms with E-state index in [1.54, 1.807) is 15.9 Å². The van der Waals surface area contributed by atoms with Crippen LogP contribution < -0.4 is 10.9 Å². The van der Waals surface area contributed by atoms with Crippen LogP contribution in [0.15, 0.2) is 40.3 Å². The van der Waals surface area contributed by atoms with Gasteiger partial charge in [-0.1, -0.05) is 30.0 Å². The summed E-state index contributed by atoms with van der Waals surface area (Å²) < 4.78 is 1.79. The molecule has 0 aliphatic heterocycles. The van der Waals surface area contributed by atoms with Crippen LogP contribution in [0.1, 0.15) is 29.7 Å². The van der Waals surface area contributed by atoms with E-state index in [4.69, 9.17) is 4.98 Å². The number of aromatic nitrogens is 2. The van der Waals surface area contributed by atoms with Crippen molar-refractivity contribution >= 4 is 44.9 Å². The monoisotopic (exact) mass is 456 g/mol. The fraction of sp³-hybridized carbons (Fsp3) is 0.435. The maximum Gasteiger partial charge on any atom is 0.263 e. The van der Waals surface area contributed by atoms with Crippen molar-refractivity contribution in [2.24, 2.45) is 0 Å². The zero-order valence-electron chi connectivity index (χ0n) is 18.0. The van der Waals surface area contributed by atoms with Gasteiger partial charge < -0.3 is 10.2 Å². The van der Waals surface area contributed by atoms with Crippen LogP contribution in [0.2, 0.25) is 0 Å². The van der Waals surface area contributed by atoms with Gasteiger partial charge in [-0.15, -0.1) is 11.3 Å². The van der Waals surface area contributed by atoms with Crippen LogP contribution in [0.25, 0.3) is 10.2 Å². The molecule has 0 bridgehead atoms. The fourth-order valence-corrected chi connectivity index (χ4v) is 6.05. The van der Waals surface area contributed by atoms with Gasteiger partial charge in [-0.2, -0.15) is 0 Å². The molecule has 1 aromatic carbocycles. The topological polar surface area (TPSA) is 67.2 Å². The molecule has 2 aromatic heterocycles. The number of rotatable bonds is 8. The Morgan fingerprint density at radius 1 is 1.23 bits per heavy atom. The number of nitrogens with zero attached hydrogens (tertiary/aromatic N) is 3. The van der Waals surface area contributed by atoms with Gasteiger partial charge in [-0.3, -0.25) is 14.2 Å². The number of fused-ring (bicyclic) bond motifs is 3. The molecule has 4 rings (SSSR count). The third kappa shape index (κ3) is 5.19. The van der Waals surface area contributed by atoms with Crippen molar-refractivity contribution in [3.63, 3.8) is 0 Å². The number of carbonyl (C=O) groups excluding carboxylic acids is 1. The van der Waals surface area contributed by atoms with Gasteiger partial charge in [0.2, 0.25) is 5.91 Å². The number of para-hydroxylation sites is 1. The Hall–Kier alpha value is -2.16. The quantitative estimate of drug-likeness (QED) is 0.410. The summed E-state index contributed by atoms with van der Waals surface area (Å²) in [4.78, 5) is 35.1. The van der Waals surface area contributed by atoms with Gasteiger partial charge in [0.05, 0.1) is 11.1 Å². The molecule has 1 N–H and O–H groups in total. The molecule has 1 amide bonds. The van der Waals surface area contributed by atoms with E-state index in [0.717, 1.165) is 48.1 Å². The van der Waals surface area contributed by atoms with E-state index in [0.29, 0.717) is 11.7 Å². The Morgan fingerprint density at radius 3 is 2.77 bits per heavy atom. The standard InChI is InChI=1S/C23H28N4O2S2/c1-26(2)13-8-14-27-22(29)20-17-11-6-7-12-18(17)31-21(20)25-23(27)30-15-19(28)24-16-9-4-3-5-10-16/h3-5,9-10H,6-8,11-15H2,1-2H3,(H,24,28). The Bertz CT molecular complexity index is 1120. The molecule has 164 valence electrons. The third-order valence-corrected chi connectivity index (χ3v) is 7.58. The number of anilines is 1. The van der Waals surface area contributed by atoms with Crippen LogP contribution in [0.5, 0.6) is 0 Å². The van der Waals surface area contributed by atoms with Crippen LogP contribution in [-0.2, 0) is 24.2 Å². The molecule has 3 aromatic rings. The summed E-state index contributed by atoms with van der Waals surface area (Å²) in [5.74, 6) is 0.113. The zero-order valence-corrected chi connectivity index (χ0v) is 19.7. The minimum absolute atomic E-state index is 0.0501. The predicted octanol–water partition coefficient (Wildman–Crippen LogP) is 4.02. The van der Waals surface area contributed by atoms with E-state index < -0.39 is 0 Å². The third-order valence-electron chi connectivity index (χ3n) is 5.42. The molecular weight excluding hydrogens is 428 g/mol. The largest absolute Gasteiger partial charge is 0.325 e. The predicted molar refractivity (Wildman–Crippen MR) is 129 cm³/mol. The van der Waals surface area contributed by atoms with Crippen LogP contribution in [0.4, 0.5) is 5.69 Å². The molecule has 0 saturated carbocycles. The molecule has 8 heteroatoms. The van der Waals surface area contributed by atoms with E-state index in [2.05, 4.69) is 10.2 Å². The van der Waals surface area contributed by atoms with Gasteiger partial charge in [-0.05, 0) is 70.4 Å². The highest BCUT2D eigenvalue weighted by molar-refractivity contribution is 7.99. The molecule has 31 heavy (non-hydrogen) atoms. The summed E-state index contributed by atoms with van der Waals surface area (Å²) in [6.07, 6.45) is 5.18. The van der Waals surface area contributed by atoms with Gasteiger partial charge in [0, 0.05) is 17.1 Å². The first-order chi connectivity index (χ1) is 15.0. The lowest BCUT2D eigenvalue weighted by Crippen LogP contribution is -2.26. The Kier molecular flexibility index (Phi) is 7.09. The second-order valence-electron chi connectivity index (χ2n) is 8.10. The van der Waals surface area contributed by atoms with Crippen molar-refractivity contribution in [3.8, 4) is 0 Å². The maximum absolute atomic E-state index is 13.5. The van der Waals surface area contributed by atoms with Crippen LogP contribution in [0, 0.1) is 0 Å². The number of thioether (sulfide) groups is 1. The van der Waals surface area contributed by atoms with Crippen LogP contribution in [0.3, 0.4) is 0 Å². The molecule has 0 saturated heterocycles. The SMILES string of the molecule is CN(C)CCCn1c(SCC(=O)Nc2ccccc2)nc2sc3c(c2c1=O)CCCC3. The molecule has 0 spiro atoms. The lowest BCUT2D eigenvalue weighted by molar-refractivity contribution is -0.113. The summed E-state index contributed by atoms with van der Waals surface area (Å²) in [6, 6.07) is 9.41. The highest BCUT2D eigenvalue weighted by Crippen LogP contribution is 2.34. The van der Waals surface area contributed by atoms with Crippen LogP contribution >= 0.6 is 23.1 Å². The molecule has 0 radical (unpaired) electrons. The number of benzene rings is 1. The number of amides is 1. The smallest absolute Gasteiger partial charge is 0.263 e. The van der Waals surface area contributed by atoms with E-state index in [9.17, 15) is 9.59 Å². The summed E-state index contributed by atoms with van der Waals surface area (Å²) in [7, 11) is 4.06. The van der Waals surface area contributed by atoms with Gasteiger partial charge in [0.1, 0.15) is 4.83 Å². The lowest BCUT2D eigenvalue weighted by atomic mass is 9.97. The Balaban J connectivity index is 1.60. The molecular formula is C23H28N4O2S2. The van der Waals surface area contributed by atoms with Crippen molar-refractivity contribution in [2.45, 2.75) is 43.8 Å². The van der Waals surface area contributed by atoms with E-state index in [1.165, 1.54) is 28.6 Å². The van der Waals surface area contributed by atoms with E-state index >= 15 is 0 Å². The second-order valence-corrected chi connectivity index (χ2v) is 10.1. The average Bonchev–Trinajstić information content (AvgIpc) is 3.13. The van der Waals surface area contributed by atoms with Crippen molar-refractivity contribution in [3.05, 3.63) is 51.1 Å². The number of carbonyl (C=O) groups is 1. The lowest BCUT2D eigenvalue weighted by Gasteiger charge is -2.15. The normalized spacial score (nSPS) is 13.5.